The van der Waals surface area contributed by atoms with E-state index in [1.807, 2.05) is 24.3 Å². The minimum atomic E-state index is 0.212. The number of benzene rings is 1. The molecule has 1 fully saturated rings. The second-order valence-electron chi connectivity index (χ2n) is 2.78. The zero-order valence-corrected chi connectivity index (χ0v) is 8.12. The average Bonchev–Trinajstić information content (AvgIpc) is 2.84. The van der Waals surface area contributed by atoms with Gasteiger partial charge in [-0.3, -0.25) is 0 Å². The van der Waals surface area contributed by atoms with Crippen molar-refractivity contribution in [3.8, 4) is 0 Å². The van der Waals surface area contributed by atoms with Gasteiger partial charge in [-0.15, -0.1) is 6.58 Å². The van der Waals surface area contributed by atoms with E-state index >= 15 is 0 Å². The molecule has 62 valence electrons. The fourth-order valence-electron chi connectivity index (χ4n) is 1.26. The molecule has 0 radical (unpaired) electrons. The fourth-order valence-corrected chi connectivity index (χ4v) is 1.77. The van der Waals surface area contributed by atoms with E-state index in [2.05, 4.69) is 28.6 Å². The topological polar surface area (TPSA) is 12.5 Å². The molecule has 1 heterocycles. The van der Waals surface area contributed by atoms with E-state index in [-0.39, 0.29) is 12.2 Å². The zero-order chi connectivity index (χ0) is 8.55. The second kappa shape index (κ2) is 3.04. The van der Waals surface area contributed by atoms with Crippen LogP contribution in [0.3, 0.4) is 0 Å². The lowest BCUT2D eigenvalue weighted by Crippen LogP contribution is -1.85. The van der Waals surface area contributed by atoms with Gasteiger partial charge in [0.05, 0.1) is 0 Å². The van der Waals surface area contributed by atoms with Crippen molar-refractivity contribution < 1.29 is 4.74 Å². The van der Waals surface area contributed by atoms with Crippen molar-refractivity contribution in [2.24, 2.45) is 0 Å². The van der Waals surface area contributed by atoms with Crippen LogP contribution in [0.25, 0.3) is 0 Å². The van der Waals surface area contributed by atoms with E-state index < -0.39 is 0 Å². The van der Waals surface area contributed by atoms with Gasteiger partial charge in [0.25, 0.3) is 0 Å². The molecule has 2 heteroatoms. The Morgan fingerprint density at radius 2 is 2.17 bits per heavy atom. The molecule has 0 saturated carbocycles. The van der Waals surface area contributed by atoms with Crippen molar-refractivity contribution in [1.82, 2.24) is 0 Å². The van der Waals surface area contributed by atoms with Crippen LogP contribution in [-0.4, -0.2) is 6.10 Å². The van der Waals surface area contributed by atoms with Gasteiger partial charge in [-0.25, -0.2) is 0 Å². The predicted octanol–water partition coefficient (Wildman–Crippen LogP) is 3.08. The first kappa shape index (κ1) is 8.02. The number of rotatable bonds is 2. The van der Waals surface area contributed by atoms with Crippen LogP contribution in [0.1, 0.15) is 11.7 Å². The van der Waals surface area contributed by atoms with Crippen LogP contribution in [0.5, 0.6) is 0 Å². The monoisotopic (exact) mass is 224 g/mol. The summed E-state index contributed by atoms with van der Waals surface area (Å²) in [7, 11) is 0. The lowest BCUT2D eigenvalue weighted by Gasteiger charge is -1.97. The minimum Gasteiger partial charge on any atom is -0.360 e. The van der Waals surface area contributed by atoms with Crippen LogP contribution in [0.15, 0.2) is 41.4 Å². The van der Waals surface area contributed by atoms with Gasteiger partial charge in [-0.05, 0) is 11.6 Å². The predicted molar refractivity (Wildman–Crippen MR) is 52.0 cm³/mol. The Hall–Kier alpha value is -0.600. The SMILES string of the molecule is C=CC1OC1c1ccccc1Br. The third-order valence-electron chi connectivity index (χ3n) is 1.97. The Labute approximate surface area is 80.2 Å². The Bertz CT molecular complexity index is 308. The largest absolute Gasteiger partial charge is 0.360 e. The molecule has 2 unspecified atom stereocenters. The standard InChI is InChI=1S/C10H9BrO/c1-2-9-10(12-9)7-5-3-4-6-8(7)11/h2-6,9-10H,1H2. The first-order valence-corrected chi connectivity index (χ1v) is 4.64. The van der Waals surface area contributed by atoms with Gasteiger partial charge < -0.3 is 4.74 Å². The van der Waals surface area contributed by atoms with E-state index in [0.717, 1.165) is 4.47 Å². The highest BCUT2D eigenvalue weighted by atomic mass is 79.9. The van der Waals surface area contributed by atoms with E-state index in [1.54, 1.807) is 0 Å². The smallest absolute Gasteiger partial charge is 0.114 e. The molecule has 1 saturated heterocycles. The molecule has 2 atom stereocenters. The van der Waals surface area contributed by atoms with Crippen molar-refractivity contribution in [2.75, 3.05) is 0 Å². The second-order valence-corrected chi connectivity index (χ2v) is 3.63. The number of hydrogen-bond donors (Lipinski definition) is 0. The summed E-state index contributed by atoms with van der Waals surface area (Å²) in [5, 5.41) is 0. The van der Waals surface area contributed by atoms with Crippen LogP contribution in [0.2, 0.25) is 0 Å². The molecule has 0 bridgehead atoms. The number of ether oxygens (including phenoxy) is 1. The van der Waals surface area contributed by atoms with Gasteiger partial charge in [0.1, 0.15) is 12.2 Å². The van der Waals surface area contributed by atoms with Crippen LogP contribution in [-0.2, 0) is 4.74 Å². The molecule has 1 aromatic carbocycles. The van der Waals surface area contributed by atoms with E-state index in [0.29, 0.717) is 0 Å². The number of halogens is 1. The van der Waals surface area contributed by atoms with Crippen molar-refractivity contribution >= 4 is 15.9 Å². The van der Waals surface area contributed by atoms with Crippen molar-refractivity contribution in [2.45, 2.75) is 12.2 Å². The molecule has 0 N–H and O–H groups in total. The molecule has 0 aromatic heterocycles. The Morgan fingerprint density at radius 1 is 1.42 bits per heavy atom. The van der Waals surface area contributed by atoms with Crippen molar-refractivity contribution in [3.63, 3.8) is 0 Å². The summed E-state index contributed by atoms with van der Waals surface area (Å²) < 4.78 is 6.50. The number of hydrogen-bond acceptors (Lipinski definition) is 1. The highest BCUT2D eigenvalue weighted by Crippen LogP contribution is 2.42. The van der Waals surface area contributed by atoms with E-state index in [9.17, 15) is 0 Å². The molecule has 0 amide bonds. The lowest BCUT2D eigenvalue weighted by atomic mass is 10.1. The molecule has 2 rings (SSSR count). The van der Waals surface area contributed by atoms with E-state index in [1.165, 1.54) is 5.56 Å². The molecular weight excluding hydrogens is 216 g/mol. The molecule has 1 nitrogen and oxygen atoms in total. The summed E-state index contributed by atoms with van der Waals surface area (Å²) >= 11 is 3.48. The van der Waals surface area contributed by atoms with Gasteiger partial charge >= 0.3 is 0 Å². The maximum absolute atomic E-state index is 5.38. The van der Waals surface area contributed by atoms with Crippen molar-refractivity contribution in [3.05, 3.63) is 47.0 Å². The van der Waals surface area contributed by atoms with Gasteiger partial charge in [-0.1, -0.05) is 40.2 Å². The zero-order valence-electron chi connectivity index (χ0n) is 6.53. The molecule has 12 heavy (non-hydrogen) atoms. The first-order chi connectivity index (χ1) is 5.83. The third kappa shape index (κ3) is 1.32. The molecular formula is C10H9BrO. The highest BCUT2D eigenvalue weighted by Gasteiger charge is 2.38. The summed E-state index contributed by atoms with van der Waals surface area (Å²) in [6.45, 7) is 3.69. The first-order valence-electron chi connectivity index (χ1n) is 3.85. The molecule has 0 aliphatic carbocycles. The summed E-state index contributed by atoms with van der Waals surface area (Å²) in [5.41, 5.74) is 1.21. The van der Waals surface area contributed by atoms with Gasteiger partial charge in [-0.2, -0.15) is 0 Å². The van der Waals surface area contributed by atoms with Crippen LogP contribution in [0, 0.1) is 0 Å². The molecule has 1 aliphatic rings. The van der Waals surface area contributed by atoms with Crippen LogP contribution in [0.4, 0.5) is 0 Å². The maximum atomic E-state index is 5.38. The Balaban J connectivity index is 2.25. The summed E-state index contributed by atoms with van der Waals surface area (Å²) in [6, 6.07) is 8.11. The van der Waals surface area contributed by atoms with Crippen molar-refractivity contribution in [1.29, 1.82) is 0 Å². The summed E-state index contributed by atoms with van der Waals surface area (Å²) in [5.74, 6) is 0. The minimum absolute atomic E-state index is 0.212. The number of epoxide rings is 1. The summed E-state index contributed by atoms with van der Waals surface area (Å²) in [6.07, 6.45) is 2.27. The normalized spacial score (nSPS) is 26.8. The molecule has 1 aliphatic heterocycles. The Kier molecular flexibility index (Phi) is 2.03. The molecule has 0 spiro atoms. The van der Waals surface area contributed by atoms with Crippen LogP contribution < -0.4 is 0 Å². The van der Waals surface area contributed by atoms with Gasteiger partial charge in [0.15, 0.2) is 0 Å². The third-order valence-corrected chi connectivity index (χ3v) is 2.69. The quantitative estimate of drug-likeness (QED) is 0.556. The lowest BCUT2D eigenvalue weighted by molar-refractivity contribution is 0.393. The maximum Gasteiger partial charge on any atom is 0.114 e. The fraction of sp³-hybridized carbons (Fsp3) is 0.200. The summed E-state index contributed by atoms with van der Waals surface area (Å²) in [4.78, 5) is 0. The average molecular weight is 225 g/mol. The molecule has 1 aromatic rings. The highest BCUT2D eigenvalue weighted by molar-refractivity contribution is 9.10. The van der Waals surface area contributed by atoms with Gasteiger partial charge in [0, 0.05) is 4.47 Å². The van der Waals surface area contributed by atoms with Gasteiger partial charge in [0.2, 0.25) is 0 Å². The Morgan fingerprint density at radius 3 is 2.75 bits per heavy atom. The van der Waals surface area contributed by atoms with Crippen LogP contribution >= 0.6 is 15.9 Å². The van der Waals surface area contributed by atoms with E-state index in [4.69, 9.17) is 4.74 Å².